The second-order valence-corrected chi connectivity index (χ2v) is 15.2. The first-order valence-corrected chi connectivity index (χ1v) is 21.7. The summed E-state index contributed by atoms with van der Waals surface area (Å²) < 4.78 is 32.5. The number of carboxylic acids is 1. The van der Waals surface area contributed by atoms with Crippen LogP contribution in [0.5, 0.6) is 0 Å². The number of carboxylic acid groups (broad SMARTS) is 1. The van der Waals surface area contributed by atoms with Crippen molar-refractivity contribution in [2.45, 2.75) is 199 Å². The Balaban J connectivity index is 4.34. The van der Waals surface area contributed by atoms with Gasteiger partial charge in [0, 0.05) is 12.8 Å². The molecule has 0 aliphatic heterocycles. The number of phosphoric ester groups is 1. The van der Waals surface area contributed by atoms with Crippen LogP contribution in [0.1, 0.15) is 187 Å². The zero-order chi connectivity index (χ0) is 37.8. The smallest absolute Gasteiger partial charge is 0.472 e. The molecule has 0 spiro atoms. The standard InChI is InChI=1S/C39H74NO10P/c1-3-5-7-9-11-13-14-15-16-17-18-19-20-21-23-25-27-29-31-38(42)50-35(33-48-51(45,46)49-34-36(40)39(43)44)32-47-37(41)30-28-26-24-22-12-10-8-6-4-2/h16-17,35-36H,3-15,18-34,40H2,1-2H3,(H,43,44)(H,45,46)/b17-16-. The zero-order valence-electron chi connectivity index (χ0n) is 32.2. The Morgan fingerprint density at radius 2 is 0.980 bits per heavy atom. The van der Waals surface area contributed by atoms with Crippen LogP contribution >= 0.6 is 7.82 Å². The third-order valence-corrected chi connectivity index (χ3v) is 9.71. The van der Waals surface area contributed by atoms with Gasteiger partial charge in [0.1, 0.15) is 12.6 Å². The quantitative estimate of drug-likeness (QED) is 0.0237. The number of unbranched alkanes of at least 4 members (excludes halogenated alkanes) is 22. The highest BCUT2D eigenvalue weighted by Gasteiger charge is 2.28. The maximum Gasteiger partial charge on any atom is 0.472 e. The van der Waals surface area contributed by atoms with Gasteiger partial charge < -0.3 is 25.2 Å². The molecule has 0 heterocycles. The van der Waals surface area contributed by atoms with Crippen LogP contribution in [0, 0.1) is 0 Å². The number of aliphatic carboxylic acids is 1. The van der Waals surface area contributed by atoms with Gasteiger partial charge in [-0.3, -0.25) is 23.4 Å². The Bertz CT molecular complexity index is 932. The van der Waals surface area contributed by atoms with Crippen molar-refractivity contribution in [2.24, 2.45) is 5.73 Å². The summed E-state index contributed by atoms with van der Waals surface area (Å²) in [6.45, 7) is 2.77. The molecule has 0 aliphatic carbocycles. The molecule has 0 aromatic carbocycles. The third-order valence-electron chi connectivity index (χ3n) is 8.76. The van der Waals surface area contributed by atoms with E-state index in [1.54, 1.807) is 0 Å². The lowest BCUT2D eigenvalue weighted by Gasteiger charge is -2.20. The summed E-state index contributed by atoms with van der Waals surface area (Å²) in [5.41, 5.74) is 5.32. The summed E-state index contributed by atoms with van der Waals surface area (Å²) >= 11 is 0. The van der Waals surface area contributed by atoms with Crippen molar-refractivity contribution in [1.29, 1.82) is 0 Å². The van der Waals surface area contributed by atoms with Crippen LogP contribution < -0.4 is 5.73 Å². The van der Waals surface area contributed by atoms with Crippen molar-refractivity contribution in [3.8, 4) is 0 Å². The second-order valence-electron chi connectivity index (χ2n) is 13.8. The van der Waals surface area contributed by atoms with Crippen LogP contribution in [0.25, 0.3) is 0 Å². The largest absolute Gasteiger partial charge is 0.480 e. The Morgan fingerprint density at radius 1 is 0.588 bits per heavy atom. The monoisotopic (exact) mass is 748 g/mol. The highest BCUT2D eigenvalue weighted by Crippen LogP contribution is 2.43. The second kappa shape index (κ2) is 35.3. The Labute approximate surface area is 309 Å². The van der Waals surface area contributed by atoms with E-state index in [0.717, 1.165) is 44.9 Å². The van der Waals surface area contributed by atoms with Crippen LogP contribution in [0.4, 0.5) is 0 Å². The molecule has 0 rings (SSSR count). The van der Waals surface area contributed by atoms with E-state index in [2.05, 4.69) is 30.5 Å². The van der Waals surface area contributed by atoms with E-state index >= 15 is 0 Å². The first kappa shape index (κ1) is 49.2. The number of phosphoric acid groups is 1. The number of nitrogens with two attached hydrogens (primary N) is 1. The molecule has 0 amide bonds. The summed E-state index contributed by atoms with van der Waals surface area (Å²) in [7, 11) is -4.70. The summed E-state index contributed by atoms with van der Waals surface area (Å²) in [6, 6.07) is -1.52. The lowest BCUT2D eigenvalue weighted by molar-refractivity contribution is -0.161. The van der Waals surface area contributed by atoms with Gasteiger partial charge in [0.2, 0.25) is 0 Å². The molecular weight excluding hydrogens is 673 g/mol. The molecule has 0 radical (unpaired) electrons. The number of hydrogen-bond acceptors (Lipinski definition) is 9. The molecule has 11 nitrogen and oxygen atoms in total. The molecule has 3 atom stereocenters. The Morgan fingerprint density at radius 3 is 1.43 bits per heavy atom. The van der Waals surface area contributed by atoms with E-state index in [4.69, 9.17) is 24.8 Å². The van der Waals surface area contributed by atoms with Gasteiger partial charge >= 0.3 is 25.7 Å². The first-order valence-electron chi connectivity index (χ1n) is 20.2. The van der Waals surface area contributed by atoms with Gasteiger partial charge in [-0.25, -0.2) is 4.57 Å². The third kappa shape index (κ3) is 35.0. The van der Waals surface area contributed by atoms with E-state index in [0.29, 0.717) is 12.8 Å². The van der Waals surface area contributed by atoms with Crippen molar-refractivity contribution < 1.29 is 47.5 Å². The molecule has 0 bridgehead atoms. The Hall–Kier alpha value is -1.78. The molecule has 0 aliphatic rings. The lowest BCUT2D eigenvalue weighted by atomic mass is 10.1. The van der Waals surface area contributed by atoms with Crippen molar-refractivity contribution in [1.82, 2.24) is 0 Å². The first-order chi connectivity index (χ1) is 24.6. The zero-order valence-corrected chi connectivity index (χ0v) is 33.1. The number of allylic oxidation sites excluding steroid dienone is 2. The SMILES string of the molecule is CCCCCCCCC/C=C\CCCCCCCCCC(=O)OC(COC(=O)CCCCCCCCCCC)COP(=O)(O)OCC(N)C(=O)O. The fraction of sp³-hybridized carbons (Fsp3) is 0.872. The highest BCUT2D eigenvalue weighted by atomic mass is 31.2. The molecule has 4 N–H and O–H groups in total. The van der Waals surface area contributed by atoms with Gasteiger partial charge in [0.25, 0.3) is 0 Å². The molecule has 0 saturated carbocycles. The minimum atomic E-state index is -4.70. The van der Waals surface area contributed by atoms with Crippen LogP contribution in [-0.4, -0.2) is 59.9 Å². The van der Waals surface area contributed by atoms with Crippen molar-refractivity contribution in [2.75, 3.05) is 19.8 Å². The summed E-state index contributed by atoms with van der Waals surface area (Å²) in [5.74, 6) is -2.38. The molecule has 0 fully saturated rings. The van der Waals surface area contributed by atoms with Crippen molar-refractivity contribution in [3.05, 3.63) is 12.2 Å². The summed E-state index contributed by atoms with van der Waals surface area (Å²) in [5, 5.41) is 8.86. The summed E-state index contributed by atoms with van der Waals surface area (Å²) in [4.78, 5) is 45.7. The molecule has 51 heavy (non-hydrogen) atoms. The molecule has 12 heteroatoms. The van der Waals surface area contributed by atoms with Crippen LogP contribution in [-0.2, 0) is 37.5 Å². The van der Waals surface area contributed by atoms with E-state index < -0.39 is 51.1 Å². The number of esters is 2. The average molecular weight is 748 g/mol. The van der Waals surface area contributed by atoms with Gasteiger partial charge in [-0.15, -0.1) is 0 Å². The molecule has 0 aromatic heterocycles. The minimum absolute atomic E-state index is 0.160. The Kier molecular flexibility index (Phi) is 34.0. The molecule has 0 saturated heterocycles. The fourth-order valence-corrected chi connectivity index (χ4v) is 6.31. The number of ether oxygens (including phenoxy) is 2. The number of rotatable bonds is 38. The number of hydrogen-bond donors (Lipinski definition) is 3. The van der Waals surface area contributed by atoms with E-state index in [9.17, 15) is 23.8 Å². The van der Waals surface area contributed by atoms with E-state index in [1.165, 1.54) is 103 Å². The molecular formula is C39H74NO10P. The van der Waals surface area contributed by atoms with Gasteiger partial charge in [-0.2, -0.15) is 0 Å². The molecule has 0 aromatic rings. The normalized spacial score (nSPS) is 14.0. The van der Waals surface area contributed by atoms with Crippen LogP contribution in [0.15, 0.2) is 12.2 Å². The topological polar surface area (TPSA) is 172 Å². The van der Waals surface area contributed by atoms with Gasteiger partial charge in [-0.05, 0) is 38.5 Å². The van der Waals surface area contributed by atoms with E-state index in [1.807, 2.05) is 0 Å². The number of carbonyl (C=O) groups excluding carboxylic acids is 2. The maximum atomic E-state index is 12.6. The van der Waals surface area contributed by atoms with Crippen LogP contribution in [0.3, 0.4) is 0 Å². The predicted molar refractivity (Wildman–Crippen MR) is 203 cm³/mol. The van der Waals surface area contributed by atoms with Gasteiger partial charge in [0.15, 0.2) is 6.10 Å². The highest BCUT2D eigenvalue weighted by molar-refractivity contribution is 7.47. The van der Waals surface area contributed by atoms with Crippen LogP contribution in [0.2, 0.25) is 0 Å². The van der Waals surface area contributed by atoms with Gasteiger partial charge in [-0.1, -0.05) is 148 Å². The lowest BCUT2D eigenvalue weighted by Crippen LogP contribution is -2.34. The maximum absolute atomic E-state index is 12.6. The minimum Gasteiger partial charge on any atom is -0.480 e. The van der Waals surface area contributed by atoms with E-state index in [-0.39, 0.29) is 19.4 Å². The van der Waals surface area contributed by atoms with Crippen molar-refractivity contribution in [3.63, 3.8) is 0 Å². The summed E-state index contributed by atoms with van der Waals surface area (Å²) in [6.07, 6.45) is 32.9. The molecule has 300 valence electrons. The van der Waals surface area contributed by atoms with Crippen molar-refractivity contribution >= 4 is 25.7 Å². The predicted octanol–water partition coefficient (Wildman–Crippen LogP) is 10.1. The molecule has 3 unspecified atom stereocenters. The van der Waals surface area contributed by atoms with Gasteiger partial charge in [0.05, 0.1) is 13.2 Å². The fourth-order valence-electron chi connectivity index (χ4n) is 5.53. The average Bonchev–Trinajstić information content (AvgIpc) is 3.10. The number of carbonyl (C=O) groups is 3.